The Labute approximate surface area is 117 Å². The number of hydrogen-bond donors (Lipinski definition) is 2. The molecule has 0 aliphatic carbocycles. The van der Waals surface area contributed by atoms with E-state index >= 15 is 0 Å². The summed E-state index contributed by atoms with van der Waals surface area (Å²) in [6.07, 6.45) is 3.50. The fourth-order valence-corrected chi connectivity index (χ4v) is 2.53. The third-order valence-electron chi connectivity index (χ3n) is 3.72. The third kappa shape index (κ3) is 3.60. The van der Waals surface area contributed by atoms with Crippen LogP contribution in [-0.4, -0.2) is 40.8 Å². The smallest absolute Gasteiger partial charge is 0.352 e. The van der Waals surface area contributed by atoms with Crippen LogP contribution in [0.3, 0.4) is 0 Å². The molecule has 0 saturated carbocycles. The lowest BCUT2D eigenvalue weighted by Gasteiger charge is -2.28. The fourth-order valence-electron chi connectivity index (χ4n) is 2.53. The largest absolute Gasteiger partial charge is 0.477 e. The van der Waals surface area contributed by atoms with Crippen molar-refractivity contribution >= 4 is 11.9 Å². The van der Waals surface area contributed by atoms with E-state index in [1.807, 2.05) is 6.92 Å². The first-order chi connectivity index (χ1) is 9.58. The number of carbonyl (C=O) groups excluding carboxylic acids is 1. The summed E-state index contributed by atoms with van der Waals surface area (Å²) in [5.74, 6) is -0.765. The minimum Gasteiger partial charge on any atom is -0.477 e. The zero-order valence-corrected chi connectivity index (χ0v) is 11.5. The second-order valence-electron chi connectivity index (χ2n) is 5.13. The van der Waals surface area contributed by atoms with Crippen molar-refractivity contribution in [3.63, 3.8) is 0 Å². The quantitative estimate of drug-likeness (QED) is 0.847. The van der Waals surface area contributed by atoms with E-state index in [1.165, 1.54) is 10.6 Å². The summed E-state index contributed by atoms with van der Waals surface area (Å²) >= 11 is 0. The highest BCUT2D eigenvalue weighted by Gasteiger charge is 2.22. The van der Waals surface area contributed by atoms with Crippen molar-refractivity contribution in [2.75, 3.05) is 13.2 Å². The molecule has 1 aliphatic heterocycles. The molecule has 110 valence electrons. The topological polar surface area (TPSA) is 80.6 Å². The maximum Gasteiger partial charge on any atom is 0.352 e. The maximum atomic E-state index is 12.0. The van der Waals surface area contributed by atoms with Crippen LogP contribution in [0, 0.1) is 5.92 Å². The van der Waals surface area contributed by atoms with E-state index in [2.05, 4.69) is 5.32 Å². The van der Waals surface area contributed by atoms with E-state index in [9.17, 15) is 9.59 Å². The second kappa shape index (κ2) is 6.56. The van der Waals surface area contributed by atoms with Gasteiger partial charge >= 0.3 is 5.97 Å². The van der Waals surface area contributed by atoms with Crippen LogP contribution in [-0.2, 0) is 16.1 Å². The second-order valence-corrected chi connectivity index (χ2v) is 5.13. The number of hydrogen-bond acceptors (Lipinski definition) is 3. The summed E-state index contributed by atoms with van der Waals surface area (Å²) < 4.78 is 6.74. The van der Waals surface area contributed by atoms with Crippen molar-refractivity contribution < 1.29 is 19.4 Å². The van der Waals surface area contributed by atoms with Crippen LogP contribution in [0.4, 0.5) is 0 Å². The van der Waals surface area contributed by atoms with Gasteiger partial charge in [0.05, 0.1) is 0 Å². The van der Waals surface area contributed by atoms with Crippen LogP contribution in [0.25, 0.3) is 0 Å². The van der Waals surface area contributed by atoms with Crippen molar-refractivity contribution in [2.24, 2.45) is 5.92 Å². The zero-order chi connectivity index (χ0) is 14.5. The van der Waals surface area contributed by atoms with Crippen LogP contribution < -0.4 is 5.32 Å². The van der Waals surface area contributed by atoms with Gasteiger partial charge in [0, 0.05) is 25.5 Å². The van der Waals surface area contributed by atoms with Crippen molar-refractivity contribution in [1.82, 2.24) is 9.88 Å². The van der Waals surface area contributed by atoms with Gasteiger partial charge in [-0.25, -0.2) is 4.79 Å². The number of aromatic carboxylic acids is 1. The third-order valence-corrected chi connectivity index (χ3v) is 3.72. The van der Waals surface area contributed by atoms with Gasteiger partial charge in [0.2, 0.25) is 5.91 Å². The van der Waals surface area contributed by atoms with Crippen LogP contribution in [0.15, 0.2) is 18.3 Å². The van der Waals surface area contributed by atoms with Crippen molar-refractivity contribution in [1.29, 1.82) is 0 Å². The van der Waals surface area contributed by atoms with Crippen molar-refractivity contribution in [3.8, 4) is 0 Å². The standard InChI is InChI=1S/C14H20N2O4/c1-10(11-4-7-20-8-5-11)15-13(17)9-16-6-2-3-12(16)14(18)19/h2-3,6,10-11H,4-5,7-9H2,1H3,(H,15,17)(H,18,19). The molecule has 1 saturated heterocycles. The Morgan fingerprint density at radius 2 is 2.20 bits per heavy atom. The predicted molar refractivity (Wildman–Crippen MR) is 72.5 cm³/mol. The highest BCUT2D eigenvalue weighted by Crippen LogP contribution is 2.18. The molecule has 1 aromatic heterocycles. The number of aromatic nitrogens is 1. The Balaban J connectivity index is 1.88. The van der Waals surface area contributed by atoms with Gasteiger partial charge in [-0.3, -0.25) is 4.79 Å². The number of carboxylic acids is 1. The Morgan fingerprint density at radius 1 is 1.50 bits per heavy atom. The minimum atomic E-state index is -1.03. The van der Waals surface area contributed by atoms with Gasteiger partial charge in [-0.2, -0.15) is 0 Å². The number of rotatable bonds is 5. The van der Waals surface area contributed by atoms with E-state index in [0.717, 1.165) is 26.1 Å². The first-order valence-electron chi connectivity index (χ1n) is 6.83. The molecular weight excluding hydrogens is 260 g/mol. The average Bonchev–Trinajstić information content (AvgIpc) is 2.87. The first kappa shape index (κ1) is 14.6. The van der Waals surface area contributed by atoms with Crippen molar-refractivity contribution in [3.05, 3.63) is 24.0 Å². The molecule has 1 amide bonds. The molecule has 0 aromatic carbocycles. The number of carbonyl (C=O) groups is 2. The Morgan fingerprint density at radius 3 is 2.85 bits per heavy atom. The maximum absolute atomic E-state index is 12.0. The molecule has 6 nitrogen and oxygen atoms in total. The number of ether oxygens (including phenoxy) is 1. The Hall–Kier alpha value is -1.82. The number of nitrogens with zero attached hydrogens (tertiary/aromatic N) is 1. The van der Waals surface area contributed by atoms with Gasteiger partial charge in [-0.05, 0) is 37.8 Å². The summed E-state index contributed by atoms with van der Waals surface area (Å²) in [5.41, 5.74) is 0.124. The molecule has 1 aliphatic rings. The Bertz CT molecular complexity index is 477. The van der Waals surface area contributed by atoms with Gasteiger partial charge in [-0.15, -0.1) is 0 Å². The molecule has 1 aromatic rings. The van der Waals surface area contributed by atoms with Crippen LogP contribution in [0.2, 0.25) is 0 Å². The summed E-state index contributed by atoms with van der Waals surface area (Å²) in [4.78, 5) is 22.9. The van der Waals surface area contributed by atoms with Crippen LogP contribution in [0.5, 0.6) is 0 Å². The number of amides is 1. The van der Waals surface area contributed by atoms with E-state index in [1.54, 1.807) is 12.3 Å². The van der Waals surface area contributed by atoms with Gasteiger partial charge in [-0.1, -0.05) is 0 Å². The fraction of sp³-hybridized carbons (Fsp3) is 0.571. The molecule has 0 spiro atoms. The first-order valence-corrected chi connectivity index (χ1v) is 6.83. The molecule has 0 radical (unpaired) electrons. The molecule has 1 unspecified atom stereocenters. The van der Waals surface area contributed by atoms with E-state index in [4.69, 9.17) is 9.84 Å². The molecule has 6 heteroatoms. The molecule has 20 heavy (non-hydrogen) atoms. The minimum absolute atomic E-state index is 0.0300. The van der Waals surface area contributed by atoms with Gasteiger partial charge in [0.1, 0.15) is 12.2 Å². The van der Waals surface area contributed by atoms with Gasteiger partial charge in [0.25, 0.3) is 0 Å². The molecule has 2 rings (SSSR count). The average molecular weight is 280 g/mol. The molecule has 2 N–H and O–H groups in total. The van der Waals surface area contributed by atoms with Crippen molar-refractivity contribution in [2.45, 2.75) is 32.4 Å². The van der Waals surface area contributed by atoms with Gasteiger partial charge in [0.15, 0.2) is 0 Å². The zero-order valence-electron chi connectivity index (χ0n) is 11.5. The summed E-state index contributed by atoms with van der Waals surface area (Å²) in [6, 6.07) is 3.19. The van der Waals surface area contributed by atoms with E-state index < -0.39 is 5.97 Å². The normalized spacial score (nSPS) is 17.6. The monoisotopic (exact) mass is 280 g/mol. The summed E-state index contributed by atoms with van der Waals surface area (Å²) in [7, 11) is 0. The van der Waals surface area contributed by atoms with Crippen LogP contribution in [0.1, 0.15) is 30.3 Å². The molecular formula is C14H20N2O4. The highest BCUT2D eigenvalue weighted by molar-refractivity contribution is 5.86. The van der Waals surface area contributed by atoms with Crippen LogP contribution >= 0.6 is 0 Å². The van der Waals surface area contributed by atoms with E-state index in [0.29, 0.717) is 5.92 Å². The highest BCUT2D eigenvalue weighted by atomic mass is 16.5. The summed E-state index contributed by atoms with van der Waals surface area (Å²) in [5, 5.41) is 11.9. The number of nitrogens with one attached hydrogen (secondary N) is 1. The summed E-state index contributed by atoms with van der Waals surface area (Å²) in [6.45, 7) is 3.50. The lowest BCUT2D eigenvalue weighted by atomic mass is 9.93. The predicted octanol–water partition coefficient (Wildman–Crippen LogP) is 1.12. The molecule has 1 fully saturated rings. The number of carboxylic acid groups (broad SMARTS) is 1. The molecule has 2 heterocycles. The Kier molecular flexibility index (Phi) is 4.79. The lowest BCUT2D eigenvalue weighted by Crippen LogP contribution is -2.41. The van der Waals surface area contributed by atoms with Gasteiger partial charge < -0.3 is 19.7 Å². The SMILES string of the molecule is CC(NC(=O)Cn1cccc1C(=O)O)C1CCOCC1. The molecule has 0 bridgehead atoms. The lowest BCUT2D eigenvalue weighted by molar-refractivity contribution is -0.122. The molecule has 1 atom stereocenters. The van der Waals surface area contributed by atoms with E-state index in [-0.39, 0.29) is 24.2 Å².